The number of hydrogen-bond donors (Lipinski definition) is 0. The summed E-state index contributed by atoms with van der Waals surface area (Å²) in [5.74, 6) is 2.54. The summed E-state index contributed by atoms with van der Waals surface area (Å²) in [6, 6.07) is 1.88. The molecule has 9 heteroatoms. The second-order valence-electron chi connectivity index (χ2n) is 5.22. The van der Waals surface area contributed by atoms with Crippen LogP contribution in [-0.4, -0.2) is 39.8 Å². The lowest BCUT2D eigenvalue weighted by Crippen LogP contribution is -2.09. The van der Waals surface area contributed by atoms with Crippen molar-refractivity contribution in [1.29, 1.82) is 0 Å². The van der Waals surface area contributed by atoms with Gasteiger partial charge in [0.05, 0.1) is 17.2 Å². The molecule has 1 aliphatic heterocycles. The summed E-state index contributed by atoms with van der Waals surface area (Å²) in [4.78, 5) is 0. The highest BCUT2D eigenvalue weighted by Crippen LogP contribution is 2.30. The molecule has 0 aromatic carbocycles. The number of rotatable bonds is 4. The van der Waals surface area contributed by atoms with Gasteiger partial charge >= 0.3 is 0 Å². The first-order chi connectivity index (χ1) is 9.94. The second-order valence-corrected chi connectivity index (χ2v) is 8.39. The van der Waals surface area contributed by atoms with E-state index in [2.05, 4.69) is 15.4 Å². The molecule has 114 valence electrons. The molecule has 2 aromatic heterocycles. The molecular formula is C12H16N4O3S2. The molecule has 0 bridgehead atoms. The molecule has 0 unspecified atom stereocenters. The van der Waals surface area contributed by atoms with Crippen LogP contribution in [0.1, 0.15) is 29.6 Å². The Balaban J connectivity index is 1.71. The van der Waals surface area contributed by atoms with Gasteiger partial charge in [-0.15, -0.1) is 10.2 Å². The minimum atomic E-state index is -2.91. The third-order valence-electron chi connectivity index (χ3n) is 3.49. The van der Waals surface area contributed by atoms with Gasteiger partial charge in [0.25, 0.3) is 0 Å². The fourth-order valence-corrected chi connectivity index (χ4v) is 4.97. The van der Waals surface area contributed by atoms with Crippen molar-refractivity contribution in [1.82, 2.24) is 19.9 Å². The van der Waals surface area contributed by atoms with Gasteiger partial charge in [-0.2, -0.15) is 0 Å². The minimum Gasteiger partial charge on any atom is -0.361 e. The van der Waals surface area contributed by atoms with Crippen LogP contribution in [0, 0.1) is 6.92 Å². The van der Waals surface area contributed by atoms with Gasteiger partial charge < -0.3 is 9.09 Å². The molecule has 0 radical (unpaired) electrons. The molecule has 1 aliphatic rings. The monoisotopic (exact) mass is 328 g/mol. The maximum absolute atomic E-state index is 11.6. The number of hydrogen-bond acceptors (Lipinski definition) is 7. The Morgan fingerprint density at radius 2 is 2.29 bits per heavy atom. The molecule has 1 saturated heterocycles. The molecule has 0 N–H and O–H groups in total. The standard InChI is InChI=1S/C12H16N4O3S2/c1-8-5-10(15-19-8)6-20-12-14-13-11(16(12)2)9-3-4-21(17,18)7-9/h5,9H,3-4,6-7H2,1-2H3/t9-/m1/s1. The largest absolute Gasteiger partial charge is 0.361 e. The van der Waals surface area contributed by atoms with Crippen molar-refractivity contribution >= 4 is 21.6 Å². The Hall–Kier alpha value is -1.35. The number of aromatic nitrogens is 4. The maximum Gasteiger partial charge on any atom is 0.191 e. The van der Waals surface area contributed by atoms with Gasteiger partial charge in [-0.05, 0) is 13.3 Å². The van der Waals surface area contributed by atoms with Crippen LogP contribution in [0.4, 0.5) is 0 Å². The third-order valence-corrected chi connectivity index (χ3v) is 6.31. The molecule has 2 aromatic rings. The summed E-state index contributed by atoms with van der Waals surface area (Å²) in [6.07, 6.45) is 0.626. The molecule has 0 saturated carbocycles. The van der Waals surface area contributed by atoms with Gasteiger partial charge in [0.15, 0.2) is 15.0 Å². The Kier molecular flexibility index (Phi) is 3.78. The fraction of sp³-hybridized carbons (Fsp3) is 0.583. The molecule has 7 nitrogen and oxygen atoms in total. The molecule has 0 spiro atoms. The summed E-state index contributed by atoms with van der Waals surface area (Å²) < 4.78 is 30.0. The average Bonchev–Trinajstić information content (AvgIpc) is 3.08. The van der Waals surface area contributed by atoms with Gasteiger partial charge in [-0.1, -0.05) is 16.9 Å². The Labute approximate surface area is 127 Å². The van der Waals surface area contributed by atoms with Crippen molar-refractivity contribution < 1.29 is 12.9 Å². The smallest absolute Gasteiger partial charge is 0.191 e. The first-order valence-corrected chi connectivity index (χ1v) is 9.40. The summed E-state index contributed by atoms with van der Waals surface area (Å²) in [5, 5.41) is 13.0. The molecule has 0 amide bonds. The number of aryl methyl sites for hydroxylation is 1. The van der Waals surface area contributed by atoms with E-state index in [-0.39, 0.29) is 17.4 Å². The van der Waals surface area contributed by atoms with Gasteiger partial charge in [0.1, 0.15) is 11.6 Å². The van der Waals surface area contributed by atoms with E-state index in [1.807, 2.05) is 24.6 Å². The second kappa shape index (κ2) is 5.45. The fourth-order valence-electron chi connectivity index (χ4n) is 2.43. The highest BCUT2D eigenvalue weighted by atomic mass is 32.2. The molecule has 3 heterocycles. The van der Waals surface area contributed by atoms with Crippen LogP contribution in [-0.2, 0) is 22.6 Å². The molecule has 1 atom stereocenters. The van der Waals surface area contributed by atoms with Gasteiger partial charge in [0, 0.05) is 24.8 Å². The van der Waals surface area contributed by atoms with Crippen molar-refractivity contribution in [2.75, 3.05) is 11.5 Å². The lowest BCUT2D eigenvalue weighted by atomic mass is 10.1. The topological polar surface area (TPSA) is 90.9 Å². The van der Waals surface area contributed by atoms with Crippen LogP contribution in [0.2, 0.25) is 0 Å². The Morgan fingerprint density at radius 3 is 2.90 bits per heavy atom. The third kappa shape index (κ3) is 3.13. The number of thioether (sulfide) groups is 1. The zero-order valence-corrected chi connectivity index (χ0v) is 13.4. The van der Waals surface area contributed by atoms with Crippen LogP contribution in [0.15, 0.2) is 15.7 Å². The Bertz CT molecular complexity index is 750. The first-order valence-electron chi connectivity index (χ1n) is 6.59. The van der Waals surface area contributed by atoms with Gasteiger partial charge in [0.2, 0.25) is 0 Å². The van der Waals surface area contributed by atoms with Crippen molar-refractivity contribution in [2.45, 2.75) is 30.2 Å². The quantitative estimate of drug-likeness (QED) is 0.781. The van der Waals surface area contributed by atoms with E-state index in [4.69, 9.17) is 4.52 Å². The molecule has 21 heavy (non-hydrogen) atoms. The van der Waals surface area contributed by atoms with Crippen LogP contribution in [0.5, 0.6) is 0 Å². The predicted octanol–water partition coefficient (Wildman–Crippen LogP) is 1.31. The van der Waals surface area contributed by atoms with Crippen molar-refractivity contribution in [2.24, 2.45) is 7.05 Å². The molecular weight excluding hydrogens is 312 g/mol. The normalized spacial score (nSPS) is 21.0. The molecule has 0 aliphatic carbocycles. The maximum atomic E-state index is 11.6. The summed E-state index contributed by atoms with van der Waals surface area (Å²) >= 11 is 1.51. The van der Waals surface area contributed by atoms with Crippen LogP contribution < -0.4 is 0 Å². The number of sulfone groups is 1. The van der Waals surface area contributed by atoms with E-state index < -0.39 is 9.84 Å². The van der Waals surface area contributed by atoms with Crippen molar-refractivity contribution in [3.8, 4) is 0 Å². The minimum absolute atomic E-state index is 0.0452. The van der Waals surface area contributed by atoms with Crippen LogP contribution >= 0.6 is 11.8 Å². The molecule has 1 fully saturated rings. The highest BCUT2D eigenvalue weighted by Gasteiger charge is 2.32. The van der Waals surface area contributed by atoms with Crippen LogP contribution in [0.3, 0.4) is 0 Å². The number of nitrogens with zero attached hydrogens (tertiary/aromatic N) is 4. The zero-order valence-electron chi connectivity index (χ0n) is 11.8. The van der Waals surface area contributed by atoms with E-state index in [1.165, 1.54) is 11.8 Å². The highest BCUT2D eigenvalue weighted by molar-refractivity contribution is 7.98. The summed E-state index contributed by atoms with van der Waals surface area (Å²) in [6.45, 7) is 1.85. The predicted molar refractivity (Wildman–Crippen MR) is 77.8 cm³/mol. The summed E-state index contributed by atoms with van der Waals surface area (Å²) in [5.41, 5.74) is 0.852. The summed E-state index contributed by atoms with van der Waals surface area (Å²) in [7, 11) is -1.04. The van der Waals surface area contributed by atoms with Gasteiger partial charge in [-0.25, -0.2) is 8.42 Å². The van der Waals surface area contributed by atoms with E-state index in [9.17, 15) is 8.42 Å². The van der Waals surface area contributed by atoms with E-state index >= 15 is 0 Å². The van der Waals surface area contributed by atoms with Gasteiger partial charge in [-0.3, -0.25) is 0 Å². The van der Waals surface area contributed by atoms with Crippen molar-refractivity contribution in [3.05, 3.63) is 23.3 Å². The average molecular weight is 328 g/mol. The lowest BCUT2D eigenvalue weighted by Gasteiger charge is -2.07. The lowest BCUT2D eigenvalue weighted by molar-refractivity contribution is 0.393. The van der Waals surface area contributed by atoms with E-state index in [1.54, 1.807) is 0 Å². The van der Waals surface area contributed by atoms with E-state index in [0.29, 0.717) is 12.2 Å². The van der Waals surface area contributed by atoms with Crippen LogP contribution in [0.25, 0.3) is 0 Å². The first kappa shape index (κ1) is 14.6. The SMILES string of the molecule is Cc1cc(CSc2nnc([C@@H]3CCS(=O)(=O)C3)n2C)no1. The van der Waals surface area contributed by atoms with E-state index in [0.717, 1.165) is 22.4 Å². The zero-order chi connectivity index (χ0) is 15.0. The van der Waals surface area contributed by atoms with Crippen molar-refractivity contribution in [3.63, 3.8) is 0 Å². The Morgan fingerprint density at radius 1 is 1.48 bits per heavy atom. The molecule has 3 rings (SSSR count).